The van der Waals surface area contributed by atoms with Crippen molar-refractivity contribution in [3.63, 3.8) is 0 Å². The van der Waals surface area contributed by atoms with Crippen molar-refractivity contribution in [2.45, 2.75) is 6.36 Å². The number of carbonyl (C=O) groups excluding carboxylic acids is 1. The predicted octanol–water partition coefficient (Wildman–Crippen LogP) is 3.05. The number of hydrogen-bond acceptors (Lipinski definition) is 5. The second-order valence-corrected chi connectivity index (χ2v) is 4.03. The zero-order valence-electron chi connectivity index (χ0n) is 11.1. The fourth-order valence-corrected chi connectivity index (χ4v) is 1.66. The zero-order chi connectivity index (χ0) is 16.0. The molecule has 0 aromatic heterocycles. The Kier molecular flexibility index (Phi) is 6.10. The molecule has 0 heterocycles. The van der Waals surface area contributed by atoms with E-state index < -0.39 is 25.5 Å². The van der Waals surface area contributed by atoms with Gasteiger partial charge in [0.05, 0.1) is 31.4 Å². The Morgan fingerprint density at radius 2 is 1.90 bits per heavy atom. The molecular weight excluding hydrogens is 317 g/mol. The molecule has 1 aromatic carbocycles. The van der Waals surface area contributed by atoms with Gasteiger partial charge < -0.3 is 14.2 Å². The Balaban J connectivity index is 2.80. The summed E-state index contributed by atoms with van der Waals surface area (Å²) in [6.45, 7) is -1.10. The maximum atomic E-state index is 11.8. The van der Waals surface area contributed by atoms with Crippen LogP contribution in [-0.2, 0) is 9.47 Å². The number of ether oxygens (including phenoxy) is 4. The Bertz CT molecular complexity index is 504. The van der Waals surface area contributed by atoms with Crippen molar-refractivity contribution in [2.24, 2.45) is 0 Å². The highest BCUT2D eigenvalue weighted by molar-refractivity contribution is 6.32. The normalized spacial score (nSPS) is 11.1. The molecule has 1 aromatic rings. The van der Waals surface area contributed by atoms with Crippen molar-refractivity contribution in [1.82, 2.24) is 0 Å². The van der Waals surface area contributed by atoms with Gasteiger partial charge in [0.1, 0.15) is 6.61 Å². The maximum absolute atomic E-state index is 11.8. The molecule has 1 rings (SSSR count). The minimum absolute atomic E-state index is 0.00163. The highest BCUT2D eigenvalue weighted by Gasteiger charge is 2.28. The minimum atomic E-state index is -4.73. The van der Waals surface area contributed by atoms with E-state index in [2.05, 4.69) is 9.47 Å². The van der Waals surface area contributed by atoms with E-state index in [-0.39, 0.29) is 22.1 Å². The molecule has 5 nitrogen and oxygen atoms in total. The molecule has 0 saturated carbocycles. The van der Waals surface area contributed by atoms with E-state index in [1.807, 2.05) is 0 Å². The average Bonchev–Trinajstić information content (AvgIpc) is 2.42. The first-order chi connectivity index (χ1) is 9.78. The lowest BCUT2D eigenvalue weighted by molar-refractivity contribution is -0.325. The topological polar surface area (TPSA) is 54.0 Å². The fraction of sp³-hybridized carbons (Fsp3) is 0.417. The lowest BCUT2D eigenvalue weighted by Gasteiger charge is -2.14. The molecule has 0 bridgehead atoms. The predicted molar refractivity (Wildman–Crippen MR) is 66.8 cm³/mol. The smallest absolute Gasteiger partial charge is 0.493 e. The van der Waals surface area contributed by atoms with Gasteiger partial charge in [-0.25, -0.2) is 4.79 Å². The summed E-state index contributed by atoms with van der Waals surface area (Å²) >= 11 is 5.91. The van der Waals surface area contributed by atoms with Crippen LogP contribution in [0.5, 0.6) is 11.5 Å². The van der Waals surface area contributed by atoms with Crippen LogP contribution in [-0.4, -0.2) is 39.8 Å². The SMILES string of the molecule is COC(=O)c1cc(Cl)c(OCCOC(F)(F)F)c(OC)c1. The van der Waals surface area contributed by atoms with Gasteiger partial charge in [-0.05, 0) is 12.1 Å². The third-order valence-electron chi connectivity index (χ3n) is 2.25. The molecule has 0 amide bonds. The number of hydrogen-bond donors (Lipinski definition) is 0. The van der Waals surface area contributed by atoms with Gasteiger partial charge in [-0.3, -0.25) is 4.74 Å². The monoisotopic (exact) mass is 328 g/mol. The van der Waals surface area contributed by atoms with Crippen molar-refractivity contribution in [1.29, 1.82) is 0 Å². The number of esters is 1. The Morgan fingerprint density at radius 3 is 2.43 bits per heavy atom. The molecule has 0 fully saturated rings. The second kappa shape index (κ2) is 7.37. The van der Waals surface area contributed by atoms with E-state index >= 15 is 0 Å². The largest absolute Gasteiger partial charge is 0.522 e. The quantitative estimate of drug-likeness (QED) is 0.593. The third-order valence-corrected chi connectivity index (χ3v) is 2.53. The van der Waals surface area contributed by atoms with Gasteiger partial charge in [0.25, 0.3) is 0 Å². The van der Waals surface area contributed by atoms with Gasteiger partial charge in [0.15, 0.2) is 11.5 Å². The first-order valence-electron chi connectivity index (χ1n) is 5.58. The van der Waals surface area contributed by atoms with Crippen LogP contribution in [0.1, 0.15) is 10.4 Å². The van der Waals surface area contributed by atoms with Crippen LogP contribution >= 0.6 is 11.6 Å². The maximum Gasteiger partial charge on any atom is 0.522 e. The van der Waals surface area contributed by atoms with Gasteiger partial charge in [-0.15, -0.1) is 13.2 Å². The summed E-state index contributed by atoms with van der Waals surface area (Å²) in [5, 5.41) is 0.00163. The van der Waals surface area contributed by atoms with Crippen molar-refractivity contribution in [3.8, 4) is 11.5 Å². The molecule has 0 N–H and O–H groups in total. The second-order valence-electron chi connectivity index (χ2n) is 3.62. The summed E-state index contributed by atoms with van der Waals surface area (Å²) in [5.74, 6) is -0.533. The van der Waals surface area contributed by atoms with Crippen molar-refractivity contribution in [2.75, 3.05) is 27.4 Å². The molecule has 0 aliphatic carbocycles. The number of alkyl halides is 3. The van der Waals surface area contributed by atoms with E-state index in [9.17, 15) is 18.0 Å². The first kappa shape index (κ1) is 17.4. The van der Waals surface area contributed by atoms with Crippen LogP contribution in [0.4, 0.5) is 13.2 Å². The number of benzene rings is 1. The van der Waals surface area contributed by atoms with Crippen molar-refractivity contribution in [3.05, 3.63) is 22.7 Å². The summed E-state index contributed by atoms with van der Waals surface area (Å²) in [7, 11) is 2.49. The van der Waals surface area contributed by atoms with Crippen molar-refractivity contribution < 1.29 is 36.9 Å². The van der Waals surface area contributed by atoms with Gasteiger partial charge in [-0.2, -0.15) is 0 Å². The molecule has 9 heteroatoms. The van der Waals surface area contributed by atoms with Crippen LogP contribution in [0, 0.1) is 0 Å². The van der Waals surface area contributed by atoms with Gasteiger partial charge in [0, 0.05) is 0 Å². The van der Waals surface area contributed by atoms with E-state index in [0.717, 1.165) is 0 Å². The molecule has 21 heavy (non-hydrogen) atoms. The minimum Gasteiger partial charge on any atom is -0.493 e. The molecule has 0 spiro atoms. The molecule has 0 radical (unpaired) electrons. The lowest BCUT2D eigenvalue weighted by atomic mass is 10.2. The Labute approximate surface area is 123 Å². The van der Waals surface area contributed by atoms with E-state index in [1.165, 1.54) is 26.4 Å². The van der Waals surface area contributed by atoms with Crippen LogP contribution < -0.4 is 9.47 Å². The van der Waals surface area contributed by atoms with Gasteiger partial charge in [-0.1, -0.05) is 11.6 Å². The highest BCUT2D eigenvalue weighted by Crippen LogP contribution is 2.36. The molecule has 0 atom stereocenters. The number of carbonyl (C=O) groups is 1. The van der Waals surface area contributed by atoms with Crippen LogP contribution in [0.25, 0.3) is 0 Å². The molecule has 118 valence electrons. The van der Waals surface area contributed by atoms with Crippen molar-refractivity contribution >= 4 is 17.6 Å². The molecule has 0 aliphatic heterocycles. The molecular formula is C12H12ClF3O5. The summed E-state index contributed by atoms with van der Waals surface area (Å²) < 4.78 is 53.6. The van der Waals surface area contributed by atoms with E-state index in [1.54, 1.807) is 0 Å². The summed E-state index contributed by atoms with van der Waals surface area (Å²) in [4.78, 5) is 11.4. The van der Waals surface area contributed by atoms with Crippen LogP contribution in [0.15, 0.2) is 12.1 Å². The summed E-state index contributed by atoms with van der Waals surface area (Å²) in [6.07, 6.45) is -4.73. The number of halogens is 4. The molecule has 0 unspecified atom stereocenters. The average molecular weight is 329 g/mol. The van der Waals surface area contributed by atoms with E-state index in [4.69, 9.17) is 21.1 Å². The van der Waals surface area contributed by atoms with Gasteiger partial charge in [0.2, 0.25) is 0 Å². The Hall–Kier alpha value is -1.67. The van der Waals surface area contributed by atoms with Crippen LogP contribution in [0.3, 0.4) is 0 Å². The molecule has 0 saturated heterocycles. The Morgan fingerprint density at radius 1 is 1.24 bits per heavy atom. The summed E-state index contributed by atoms with van der Waals surface area (Å²) in [5.41, 5.74) is 0.123. The van der Waals surface area contributed by atoms with Gasteiger partial charge >= 0.3 is 12.3 Å². The molecule has 0 aliphatic rings. The number of methoxy groups -OCH3 is 2. The standard InChI is InChI=1S/C12H12ClF3O5/c1-18-9-6-7(11(17)19-2)5-8(13)10(9)20-3-4-21-12(14,15)16/h5-6H,3-4H2,1-2H3. The third kappa shape index (κ3) is 5.31. The summed E-state index contributed by atoms with van der Waals surface area (Å²) in [6, 6.07) is 2.56. The fourth-order valence-electron chi connectivity index (χ4n) is 1.40. The number of rotatable bonds is 6. The lowest BCUT2D eigenvalue weighted by Crippen LogP contribution is -2.18. The highest BCUT2D eigenvalue weighted by atomic mass is 35.5. The first-order valence-corrected chi connectivity index (χ1v) is 5.95. The zero-order valence-corrected chi connectivity index (χ0v) is 11.9. The van der Waals surface area contributed by atoms with Crippen LogP contribution in [0.2, 0.25) is 5.02 Å². The van der Waals surface area contributed by atoms with E-state index in [0.29, 0.717) is 0 Å².